The van der Waals surface area contributed by atoms with Gasteiger partial charge in [-0.05, 0) is 18.1 Å². The predicted octanol–water partition coefficient (Wildman–Crippen LogP) is 3.56. The molecule has 1 fully saturated rings. The smallest absolute Gasteiger partial charge is 0.164 e. The van der Waals surface area contributed by atoms with Crippen LogP contribution in [0.3, 0.4) is 0 Å². The second-order valence-corrected chi connectivity index (χ2v) is 11.2. The number of hydrogen-bond acceptors (Lipinski definition) is 7. The molecule has 0 amide bonds. The van der Waals surface area contributed by atoms with Crippen molar-refractivity contribution in [1.82, 2.24) is 20.1 Å². The summed E-state index contributed by atoms with van der Waals surface area (Å²) in [5.74, 6) is -0.107. The predicted molar refractivity (Wildman–Crippen MR) is 146 cm³/mol. The number of allylic oxidation sites excluding steroid dienone is 3. The number of benzene rings is 1. The number of aryl methyl sites for hydroxylation is 1. The van der Waals surface area contributed by atoms with Gasteiger partial charge in [-0.25, -0.2) is 0 Å². The van der Waals surface area contributed by atoms with Gasteiger partial charge >= 0.3 is 0 Å². The summed E-state index contributed by atoms with van der Waals surface area (Å²) in [4.78, 5) is 4.30. The summed E-state index contributed by atoms with van der Waals surface area (Å²) in [7, 11) is 3.45. The van der Waals surface area contributed by atoms with Gasteiger partial charge in [0.05, 0.1) is 36.9 Å². The van der Waals surface area contributed by atoms with Crippen LogP contribution >= 0.6 is 15.9 Å². The molecular formula is C29H31BrN4O4. The summed E-state index contributed by atoms with van der Waals surface area (Å²) < 4.78 is 15.4. The maximum absolute atomic E-state index is 12.9. The molecule has 6 rings (SSSR count). The molecule has 1 aromatic carbocycles. The van der Waals surface area contributed by atoms with Crippen LogP contribution in [-0.4, -0.2) is 50.3 Å². The molecule has 3 aliphatic rings. The summed E-state index contributed by atoms with van der Waals surface area (Å²) >= 11 is 3.58. The molecule has 0 radical (unpaired) electrons. The molecular weight excluding hydrogens is 548 g/mol. The van der Waals surface area contributed by atoms with Gasteiger partial charge in [-0.15, -0.1) is 0 Å². The van der Waals surface area contributed by atoms with Crippen molar-refractivity contribution in [2.24, 2.45) is 18.9 Å². The molecule has 38 heavy (non-hydrogen) atoms. The van der Waals surface area contributed by atoms with Gasteiger partial charge in [0, 0.05) is 48.6 Å². The van der Waals surface area contributed by atoms with Crippen molar-refractivity contribution in [2.75, 3.05) is 13.7 Å². The number of methoxy groups -OCH3 is 1. The molecule has 9 heteroatoms. The summed E-state index contributed by atoms with van der Waals surface area (Å²) in [5, 5.41) is 32.8. The number of aliphatic hydroxyl groups is 2. The molecule has 3 heterocycles. The van der Waals surface area contributed by atoms with E-state index in [1.807, 2.05) is 42.1 Å². The summed E-state index contributed by atoms with van der Waals surface area (Å²) in [6.45, 7) is 1.04. The van der Waals surface area contributed by atoms with E-state index >= 15 is 0 Å². The van der Waals surface area contributed by atoms with Crippen LogP contribution in [0.1, 0.15) is 29.2 Å². The zero-order valence-electron chi connectivity index (χ0n) is 21.3. The van der Waals surface area contributed by atoms with E-state index < -0.39 is 17.3 Å². The lowest BCUT2D eigenvalue weighted by molar-refractivity contribution is -0.163. The Morgan fingerprint density at radius 2 is 2.05 bits per heavy atom. The fourth-order valence-corrected chi connectivity index (χ4v) is 7.14. The molecule has 8 nitrogen and oxygen atoms in total. The second kappa shape index (κ2) is 9.64. The average Bonchev–Trinajstić information content (AvgIpc) is 3.52. The third-order valence-electron chi connectivity index (χ3n) is 8.45. The summed E-state index contributed by atoms with van der Waals surface area (Å²) in [6, 6.07) is 12.0. The van der Waals surface area contributed by atoms with Crippen LogP contribution in [0.15, 0.2) is 77.7 Å². The second-order valence-electron chi connectivity index (χ2n) is 10.2. The Morgan fingerprint density at radius 3 is 2.74 bits per heavy atom. The topological polar surface area (TPSA) is 102 Å². The quantitative estimate of drug-likeness (QED) is 0.394. The van der Waals surface area contributed by atoms with Crippen molar-refractivity contribution in [2.45, 2.75) is 36.2 Å². The third kappa shape index (κ3) is 3.60. The Hall–Kier alpha value is -2.98. The summed E-state index contributed by atoms with van der Waals surface area (Å²) in [5.41, 5.74) is -0.465. The number of fused-ring (bicyclic) bond motifs is 3. The van der Waals surface area contributed by atoms with Crippen LogP contribution in [0.2, 0.25) is 0 Å². The number of nitrogens with one attached hydrogen (secondary N) is 1. The van der Waals surface area contributed by atoms with Crippen molar-refractivity contribution in [3.05, 3.63) is 94.5 Å². The molecule has 198 valence electrons. The molecule has 0 saturated heterocycles. The molecule has 1 unspecified atom stereocenters. The SMILES string of the molecule is COc1cncc2c1[C@]1(O)[C@H](O)[C@H](CNCc3ccnn3C)[C@@H](c3ccccc3)[C@]1(C1C=CC(Br)=CC1)O2. The Kier molecular flexibility index (Phi) is 6.42. The fraction of sp³-hybridized carbons (Fsp3) is 0.379. The summed E-state index contributed by atoms with van der Waals surface area (Å²) in [6.07, 6.45) is 10.6. The highest BCUT2D eigenvalue weighted by Gasteiger charge is 2.77. The molecule has 6 atom stereocenters. The molecule has 1 aliphatic heterocycles. The van der Waals surface area contributed by atoms with E-state index in [0.29, 0.717) is 36.6 Å². The van der Waals surface area contributed by atoms with Crippen LogP contribution in [0.25, 0.3) is 0 Å². The van der Waals surface area contributed by atoms with Crippen molar-refractivity contribution in [3.8, 4) is 11.5 Å². The van der Waals surface area contributed by atoms with E-state index in [1.54, 1.807) is 25.7 Å². The van der Waals surface area contributed by atoms with Gasteiger partial charge in [0.25, 0.3) is 0 Å². The zero-order valence-corrected chi connectivity index (χ0v) is 22.9. The van der Waals surface area contributed by atoms with Gasteiger partial charge in [0.15, 0.2) is 11.2 Å². The van der Waals surface area contributed by atoms with Crippen LogP contribution < -0.4 is 14.8 Å². The number of rotatable bonds is 7. The van der Waals surface area contributed by atoms with Crippen LogP contribution in [0, 0.1) is 11.8 Å². The number of pyridine rings is 1. The minimum atomic E-state index is -1.75. The number of aliphatic hydroxyl groups excluding tert-OH is 1. The Balaban J connectivity index is 1.51. The highest BCUT2D eigenvalue weighted by Crippen LogP contribution is 2.68. The largest absolute Gasteiger partial charge is 0.495 e. The Morgan fingerprint density at radius 1 is 1.24 bits per heavy atom. The third-order valence-corrected chi connectivity index (χ3v) is 9.04. The van der Waals surface area contributed by atoms with Crippen LogP contribution in [-0.2, 0) is 19.2 Å². The Labute approximate surface area is 230 Å². The fourth-order valence-electron chi connectivity index (χ4n) is 6.80. The molecule has 2 aliphatic carbocycles. The van der Waals surface area contributed by atoms with Gasteiger partial charge in [-0.3, -0.25) is 9.67 Å². The van der Waals surface area contributed by atoms with Crippen molar-refractivity contribution in [3.63, 3.8) is 0 Å². The molecule has 2 aromatic heterocycles. The van der Waals surface area contributed by atoms with Gasteiger partial charge in [-0.2, -0.15) is 5.10 Å². The minimum absolute atomic E-state index is 0.229. The van der Waals surface area contributed by atoms with Crippen molar-refractivity contribution < 1.29 is 19.7 Å². The van der Waals surface area contributed by atoms with E-state index in [9.17, 15) is 10.2 Å². The lowest BCUT2D eigenvalue weighted by Crippen LogP contribution is -2.58. The molecule has 0 spiro atoms. The Bertz CT molecular complexity index is 1390. The first-order valence-corrected chi connectivity index (χ1v) is 13.6. The minimum Gasteiger partial charge on any atom is -0.495 e. The molecule has 1 saturated carbocycles. The number of nitrogens with zero attached hydrogens (tertiary/aromatic N) is 3. The van der Waals surface area contributed by atoms with Crippen molar-refractivity contribution >= 4 is 15.9 Å². The van der Waals surface area contributed by atoms with Gasteiger partial charge in [-0.1, -0.05) is 64.5 Å². The van der Waals surface area contributed by atoms with E-state index in [1.165, 1.54) is 0 Å². The zero-order chi connectivity index (χ0) is 26.5. The van der Waals surface area contributed by atoms with Crippen LogP contribution in [0.4, 0.5) is 0 Å². The number of halogens is 1. The first-order chi connectivity index (χ1) is 18.4. The first kappa shape index (κ1) is 25.3. The van der Waals surface area contributed by atoms with Crippen LogP contribution in [0.5, 0.6) is 11.5 Å². The monoisotopic (exact) mass is 578 g/mol. The number of aromatic nitrogens is 3. The first-order valence-electron chi connectivity index (χ1n) is 12.8. The van der Waals surface area contributed by atoms with E-state index in [4.69, 9.17) is 9.47 Å². The van der Waals surface area contributed by atoms with Crippen molar-refractivity contribution in [1.29, 1.82) is 0 Å². The number of hydrogen-bond donors (Lipinski definition) is 3. The molecule has 0 bridgehead atoms. The highest BCUT2D eigenvalue weighted by molar-refractivity contribution is 9.11. The molecule has 3 N–H and O–H groups in total. The van der Waals surface area contributed by atoms with Gasteiger partial charge in [0.1, 0.15) is 11.5 Å². The normalized spacial score (nSPS) is 31.4. The lowest BCUT2D eigenvalue weighted by atomic mass is 9.66. The van der Waals surface area contributed by atoms with Gasteiger partial charge in [0.2, 0.25) is 0 Å². The van der Waals surface area contributed by atoms with E-state index in [-0.39, 0.29) is 17.8 Å². The van der Waals surface area contributed by atoms with E-state index in [0.717, 1.165) is 15.7 Å². The maximum atomic E-state index is 12.9. The maximum Gasteiger partial charge on any atom is 0.164 e. The van der Waals surface area contributed by atoms with E-state index in [2.05, 4.69) is 55.6 Å². The lowest BCUT2D eigenvalue weighted by Gasteiger charge is -2.45. The highest BCUT2D eigenvalue weighted by atomic mass is 79.9. The standard InChI is InChI=1S/C29H31BrN4O4/c1-34-21(12-13-33-34)14-31-15-22-25(18-6-4-3-5-7-18)29(19-8-10-20(30)11-9-19)28(36,27(22)35)26-23(37-2)16-32-17-24(26)38-29/h3-8,10-13,16-17,19,22,25,27,31,35-36H,9,14-15H2,1-2H3/t19?,22-,25-,27-,28+,29+/m1/s1. The average molecular weight is 579 g/mol. The molecule has 3 aromatic rings. The van der Waals surface area contributed by atoms with Gasteiger partial charge < -0.3 is 25.0 Å². The number of ether oxygens (including phenoxy) is 2.